The Balaban J connectivity index is 2.54. The summed E-state index contributed by atoms with van der Waals surface area (Å²) in [5, 5.41) is 5.31. The van der Waals surface area contributed by atoms with Crippen LogP contribution in [0.5, 0.6) is 0 Å². The Morgan fingerprint density at radius 3 is 2.62 bits per heavy atom. The van der Waals surface area contributed by atoms with Crippen molar-refractivity contribution in [1.29, 1.82) is 0 Å². The molecule has 0 N–H and O–H groups in total. The fourth-order valence-corrected chi connectivity index (χ4v) is 2.38. The summed E-state index contributed by atoms with van der Waals surface area (Å²) in [5.74, 6) is 0. The largest absolute Gasteiger partial charge is 0.238 e. The van der Waals surface area contributed by atoms with Gasteiger partial charge < -0.3 is 0 Å². The van der Waals surface area contributed by atoms with E-state index >= 15 is 0 Å². The minimum absolute atomic E-state index is 0.854. The molecule has 2 nitrogen and oxygen atoms in total. The van der Waals surface area contributed by atoms with Crippen LogP contribution in [0.3, 0.4) is 0 Å². The van der Waals surface area contributed by atoms with Crippen molar-refractivity contribution in [2.24, 2.45) is 0 Å². The number of hydrogen-bond acceptors (Lipinski definition) is 1. The lowest BCUT2D eigenvalue weighted by Crippen LogP contribution is -2.02. The SMILES string of the molecule is CCc1ccccc1-n1ncc(CBr)c1C. The highest BCUT2D eigenvalue weighted by atomic mass is 79.9. The Labute approximate surface area is 104 Å². The molecule has 0 amide bonds. The number of benzene rings is 1. The molecule has 2 aromatic rings. The summed E-state index contributed by atoms with van der Waals surface area (Å²) in [7, 11) is 0. The minimum atomic E-state index is 0.854. The predicted octanol–water partition coefficient (Wildman–Crippen LogP) is 3.64. The van der Waals surface area contributed by atoms with E-state index in [2.05, 4.69) is 59.1 Å². The first-order valence-electron chi connectivity index (χ1n) is 5.45. The molecule has 0 spiro atoms. The smallest absolute Gasteiger partial charge is 0.0680 e. The average molecular weight is 279 g/mol. The fourth-order valence-electron chi connectivity index (χ4n) is 1.83. The molecule has 1 aromatic heterocycles. The molecule has 0 aliphatic heterocycles. The lowest BCUT2D eigenvalue weighted by Gasteiger charge is -2.09. The van der Waals surface area contributed by atoms with Gasteiger partial charge >= 0.3 is 0 Å². The van der Waals surface area contributed by atoms with Crippen LogP contribution in [0.2, 0.25) is 0 Å². The second-order valence-electron chi connectivity index (χ2n) is 3.78. The molecule has 0 saturated carbocycles. The minimum Gasteiger partial charge on any atom is -0.238 e. The third-order valence-corrected chi connectivity index (χ3v) is 3.46. The van der Waals surface area contributed by atoms with Gasteiger partial charge in [0.1, 0.15) is 0 Å². The average Bonchev–Trinajstić information content (AvgIpc) is 2.70. The topological polar surface area (TPSA) is 17.8 Å². The Kier molecular flexibility index (Phi) is 3.44. The number of aromatic nitrogens is 2. The number of halogens is 1. The zero-order valence-electron chi connectivity index (χ0n) is 9.57. The Bertz CT molecular complexity index is 488. The fraction of sp³-hybridized carbons (Fsp3) is 0.308. The summed E-state index contributed by atoms with van der Waals surface area (Å²) in [4.78, 5) is 0. The maximum Gasteiger partial charge on any atom is 0.0680 e. The lowest BCUT2D eigenvalue weighted by atomic mass is 10.1. The van der Waals surface area contributed by atoms with E-state index in [0.717, 1.165) is 11.8 Å². The third-order valence-electron chi connectivity index (χ3n) is 2.86. The summed E-state index contributed by atoms with van der Waals surface area (Å²) in [5.41, 5.74) is 4.97. The second-order valence-corrected chi connectivity index (χ2v) is 4.34. The molecule has 0 bridgehead atoms. The molecular weight excluding hydrogens is 264 g/mol. The number of hydrogen-bond donors (Lipinski definition) is 0. The maximum absolute atomic E-state index is 4.45. The number of aryl methyl sites for hydroxylation is 1. The molecule has 0 unspecified atom stereocenters. The number of nitrogens with zero attached hydrogens (tertiary/aromatic N) is 2. The zero-order chi connectivity index (χ0) is 11.5. The van der Waals surface area contributed by atoms with Gasteiger partial charge in [0.05, 0.1) is 11.9 Å². The van der Waals surface area contributed by atoms with Crippen LogP contribution in [0, 0.1) is 6.92 Å². The van der Waals surface area contributed by atoms with E-state index in [1.165, 1.54) is 22.5 Å². The van der Waals surface area contributed by atoms with Gasteiger partial charge in [0.15, 0.2) is 0 Å². The number of alkyl halides is 1. The lowest BCUT2D eigenvalue weighted by molar-refractivity contribution is 0.831. The first-order valence-corrected chi connectivity index (χ1v) is 6.57. The molecule has 0 aliphatic carbocycles. The van der Waals surface area contributed by atoms with Gasteiger partial charge in [-0.05, 0) is 25.0 Å². The van der Waals surface area contributed by atoms with Crippen molar-refractivity contribution in [3.63, 3.8) is 0 Å². The van der Waals surface area contributed by atoms with Crippen molar-refractivity contribution in [1.82, 2.24) is 9.78 Å². The van der Waals surface area contributed by atoms with E-state index in [4.69, 9.17) is 0 Å². The van der Waals surface area contributed by atoms with Crippen molar-refractivity contribution in [2.45, 2.75) is 25.6 Å². The molecule has 0 saturated heterocycles. The Hall–Kier alpha value is -1.09. The van der Waals surface area contributed by atoms with Crippen molar-refractivity contribution < 1.29 is 0 Å². The Morgan fingerprint density at radius 1 is 1.25 bits per heavy atom. The maximum atomic E-state index is 4.45. The van der Waals surface area contributed by atoms with Crippen LogP contribution in [0.4, 0.5) is 0 Å². The molecule has 0 radical (unpaired) electrons. The molecule has 0 atom stereocenters. The van der Waals surface area contributed by atoms with Crippen molar-refractivity contribution in [3.8, 4) is 5.69 Å². The number of rotatable bonds is 3. The molecule has 1 aromatic carbocycles. The van der Waals surface area contributed by atoms with Crippen LogP contribution in [0.15, 0.2) is 30.5 Å². The van der Waals surface area contributed by atoms with Gasteiger partial charge in [0.25, 0.3) is 0 Å². The summed E-state index contributed by atoms with van der Waals surface area (Å²) in [6.07, 6.45) is 2.95. The van der Waals surface area contributed by atoms with E-state index in [0.29, 0.717) is 0 Å². The van der Waals surface area contributed by atoms with Crippen molar-refractivity contribution in [3.05, 3.63) is 47.3 Å². The molecule has 2 rings (SSSR count). The Morgan fingerprint density at radius 2 is 2.00 bits per heavy atom. The molecule has 16 heavy (non-hydrogen) atoms. The van der Waals surface area contributed by atoms with Gasteiger partial charge in [-0.25, -0.2) is 4.68 Å². The van der Waals surface area contributed by atoms with Gasteiger partial charge in [-0.15, -0.1) is 0 Å². The standard InChI is InChI=1S/C13H15BrN2/c1-3-11-6-4-5-7-13(11)16-10(2)12(8-14)9-15-16/h4-7,9H,3,8H2,1-2H3. The highest BCUT2D eigenvalue weighted by Crippen LogP contribution is 2.19. The molecule has 0 aliphatic rings. The van der Waals surface area contributed by atoms with Crippen LogP contribution in [0.25, 0.3) is 5.69 Å². The third kappa shape index (κ3) is 1.92. The first-order chi connectivity index (χ1) is 7.77. The van der Waals surface area contributed by atoms with Crippen LogP contribution in [0.1, 0.15) is 23.7 Å². The number of para-hydroxylation sites is 1. The van der Waals surface area contributed by atoms with Crippen LogP contribution in [-0.2, 0) is 11.8 Å². The van der Waals surface area contributed by atoms with Crippen LogP contribution in [-0.4, -0.2) is 9.78 Å². The molecule has 1 heterocycles. The van der Waals surface area contributed by atoms with Gasteiger partial charge in [-0.2, -0.15) is 5.10 Å². The quantitative estimate of drug-likeness (QED) is 0.784. The summed E-state index contributed by atoms with van der Waals surface area (Å²) in [6, 6.07) is 8.41. The van der Waals surface area contributed by atoms with Crippen molar-refractivity contribution >= 4 is 15.9 Å². The summed E-state index contributed by atoms with van der Waals surface area (Å²) in [6.45, 7) is 4.28. The zero-order valence-corrected chi connectivity index (χ0v) is 11.2. The van der Waals surface area contributed by atoms with E-state index < -0.39 is 0 Å². The normalized spacial score (nSPS) is 10.7. The van der Waals surface area contributed by atoms with Crippen LogP contribution < -0.4 is 0 Å². The summed E-state index contributed by atoms with van der Waals surface area (Å²) >= 11 is 3.48. The van der Waals surface area contributed by atoms with E-state index in [9.17, 15) is 0 Å². The monoisotopic (exact) mass is 278 g/mol. The van der Waals surface area contributed by atoms with Crippen LogP contribution >= 0.6 is 15.9 Å². The second kappa shape index (κ2) is 4.83. The van der Waals surface area contributed by atoms with Gasteiger partial charge in [0, 0.05) is 16.6 Å². The molecular formula is C13H15BrN2. The summed E-state index contributed by atoms with van der Waals surface area (Å²) < 4.78 is 2.02. The molecule has 3 heteroatoms. The van der Waals surface area contributed by atoms with E-state index in [1.807, 2.05) is 10.9 Å². The highest BCUT2D eigenvalue weighted by Gasteiger charge is 2.09. The molecule has 84 valence electrons. The predicted molar refractivity (Wildman–Crippen MR) is 70.3 cm³/mol. The van der Waals surface area contributed by atoms with Gasteiger partial charge in [-0.3, -0.25) is 0 Å². The van der Waals surface area contributed by atoms with Gasteiger partial charge in [0.2, 0.25) is 0 Å². The van der Waals surface area contributed by atoms with E-state index in [1.54, 1.807) is 0 Å². The molecule has 0 fully saturated rings. The van der Waals surface area contributed by atoms with E-state index in [-0.39, 0.29) is 0 Å². The van der Waals surface area contributed by atoms with Gasteiger partial charge in [-0.1, -0.05) is 41.1 Å². The van der Waals surface area contributed by atoms with Crippen molar-refractivity contribution in [2.75, 3.05) is 0 Å². The first kappa shape index (κ1) is 11.4. The highest BCUT2D eigenvalue weighted by molar-refractivity contribution is 9.08.